The van der Waals surface area contributed by atoms with E-state index in [0.29, 0.717) is 50.7 Å². The van der Waals surface area contributed by atoms with Crippen molar-refractivity contribution in [1.82, 2.24) is 40.4 Å². The number of nitrogens with zero attached hydrogens (tertiary/aromatic N) is 4. The van der Waals surface area contributed by atoms with Crippen molar-refractivity contribution in [3.63, 3.8) is 0 Å². The van der Waals surface area contributed by atoms with Gasteiger partial charge in [0.05, 0.1) is 50.1 Å². The molecule has 0 bridgehead atoms. The second-order valence-electron chi connectivity index (χ2n) is 18.9. The minimum absolute atomic E-state index is 0.0659. The molecule has 3 aliphatic rings. The summed E-state index contributed by atoms with van der Waals surface area (Å²) in [5.41, 5.74) is 5.46. The zero-order chi connectivity index (χ0) is 48.0. The lowest BCUT2D eigenvalue weighted by Crippen LogP contribution is -2.54. The fourth-order valence-corrected chi connectivity index (χ4v) is 10.1. The fraction of sp³-hybridized carbons (Fsp3) is 0.560. The first-order valence-electron chi connectivity index (χ1n) is 23.7. The normalized spacial score (nSPS) is 21.3. The summed E-state index contributed by atoms with van der Waals surface area (Å²) < 4.78 is 43.6. The third-order valence-corrected chi connectivity index (χ3v) is 14.1. The number of ether oxygens (including phenoxy) is 3. The number of likely N-dealkylation sites (N-methyl/N-ethyl adjacent to an activating group) is 1. The van der Waals surface area contributed by atoms with Crippen LogP contribution in [0, 0.1) is 23.7 Å². The van der Waals surface area contributed by atoms with Gasteiger partial charge < -0.3 is 44.6 Å². The van der Waals surface area contributed by atoms with E-state index in [-0.39, 0.29) is 67.3 Å². The molecular formula is C50H66F2N8O7. The van der Waals surface area contributed by atoms with Crippen LogP contribution in [0.15, 0.2) is 60.9 Å². The summed E-state index contributed by atoms with van der Waals surface area (Å²) in [5.74, 6) is -2.11. The lowest BCUT2D eigenvalue weighted by atomic mass is 9.81. The number of H-pyrrole nitrogens is 2. The van der Waals surface area contributed by atoms with Crippen LogP contribution < -0.4 is 10.6 Å². The molecule has 1 saturated carbocycles. The molecule has 6 atom stereocenters. The van der Waals surface area contributed by atoms with E-state index in [4.69, 9.17) is 24.2 Å². The van der Waals surface area contributed by atoms with Gasteiger partial charge >= 0.3 is 12.2 Å². The van der Waals surface area contributed by atoms with Crippen LogP contribution in [0.4, 0.5) is 18.4 Å². The molecule has 1 unspecified atom stereocenters. The number of nitrogens with one attached hydrogen (secondary N) is 4. The predicted octanol–water partition coefficient (Wildman–Crippen LogP) is 9.07. The van der Waals surface area contributed by atoms with Gasteiger partial charge in [0.25, 0.3) is 0 Å². The zero-order valence-electron chi connectivity index (χ0n) is 39.7. The number of aromatic amines is 2. The van der Waals surface area contributed by atoms with Crippen molar-refractivity contribution in [2.24, 2.45) is 23.7 Å². The van der Waals surface area contributed by atoms with Crippen LogP contribution >= 0.6 is 0 Å². The zero-order valence-corrected chi connectivity index (χ0v) is 39.7. The van der Waals surface area contributed by atoms with Crippen molar-refractivity contribution in [1.29, 1.82) is 0 Å². The molecule has 2 aromatic carbocycles. The summed E-state index contributed by atoms with van der Waals surface area (Å²) in [6.45, 7) is 11.6. The monoisotopic (exact) mass is 929 g/mol. The number of likely N-dealkylation sites (tertiary alicyclic amines) is 1. The third-order valence-electron chi connectivity index (χ3n) is 14.1. The molecule has 2 aromatic heterocycles. The Labute approximate surface area is 391 Å². The highest BCUT2D eigenvalue weighted by molar-refractivity contribution is 5.87. The number of halogens is 2. The Hall–Kier alpha value is -5.84. The van der Waals surface area contributed by atoms with E-state index in [0.717, 1.165) is 40.1 Å². The summed E-state index contributed by atoms with van der Waals surface area (Å²) in [6, 6.07) is 13.7. The second-order valence-corrected chi connectivity index (χ2v) is 18.9. The molecule has 67 heavy (non-hydrogen) atoms. The molecule has 4 N–H and O–H groups in total. The molecule has 7 rings (SSSR count). The number of aromatic nitrogens is 4. The largest absolute Gasteiger partial charge is 0.453 e. The topological polar surface area (TPSA) is 184 Å². The number of alkyl halides is 2. The molecule has 3 fully saturated rings. The molecule has 2 aliphatic heterocycles. The minimum atomic E-state index is -2.79. The van der Waals surface area contributed by atoms with Crippen LogP contribution in [0.5, 0.6) is 0 Å². The van der Waals surface area contributed by atoms with E-state index in [1.165, 1.54) is 14.2 Å². The molecule has 4 heterocycles. The van der Waals surface area contributed by atoms with Crippen LogP contribution in [-0.2, 0) is 23.8 Å². The van der Waals surface area contributed by atoms with E-state index in [1.54, 1.807) is 17.3 Å². The molecule has 0 spiro atoms. The van der Waals surface area contributed by atoms with Crippen LogP contribution in [0.2, 0.25) is 0 Å². The van der Waals surface area contributed by atoms with Gasteiger partial charge in [0, 0.05) is 38.6 Å². The van der Waals surface area contributed by atoms with E-state index < -0.39 is 42.2 Å². The van der Waals surface area contributed by atoms with Gasteiger partial charge in [-0.1, -0.05) is 69.3 Å². The minimum Gasteiger partial charge on any atom is -0.453 e. The molecule has 4 amide bonds. The van der Waals surface area contributed by atoms with Gasteiger partial charge in [-0.2, -0.15) is 0 Å². The number of carbonyl (C=O) groups is 4. The SMILES string of the molecule is CCN(C(=O)[C@@H](NC(=O)OC)C1CCC(F)(F)CC1)[C@@H](CC(C)C)c1ncc(-c2ccc(-c3ccc(-c4cnc([C@@H]5CC(C)[C@@H](C)N5C(=O)[C@@H](NC(=O)OC)C5CCOCC5)[nH]4)cc3)cc2)[nH]1. The number of benzene rings is 2. The maximum atomic E-state index is 14.3. The lowest BCUT2D eigenvalue weighted by molar-refractivity contribution is -0.139. The van der Waals surface area contributed by atoms with E-state index in [1.807, 2.05) is 48.2 Å². The van der Waals surface area contributed by atoms with E-state index in [9.17, 15) is 28.0 Å². The number of carbonyl (C=O) groups excluding carboxylic acids is 4. The van der Waals surface area contributed by atoms with Crippen molar-refractivity contribution in [3.05, 3.63) is 72.6 Å². The summed E-state index contributed by atoms with van der Waals surface area (Å²) in [5, 5.41) is 5.51. The Morgan fingerprint density at radius 2 is 1.33 bits per heavy atom. The molecule has 0 radical (unpaired) electrons. The van der Waals surface area contributed by atoms with Crippen molar-refractivity contribution >= 4 is 24.0 Å². The first kappa shape index (κ1) is 49.1. The van der Waals surface area contributed by atoms with Gasteiger partial charge in [-0.15, -0.1) is 0 Å². The Balaban J connectivity index is 1.05. The lowest BCUT2D eigenvalue weighted by Gasteiger charge is -2.38. The van der Waals surface area contributed by atoms with Gasteiger partial charge in [0.1, 0.15) is 23.7 Å². The molecule has 4 aromatic rings. The van der Waals surface area contributed by atoms with Gasteiger partial charge in [0.2, 0.25) is 17.7 Å². The highest BCUT2D eigenvalue weighted by Crippen LogP contribution is 2.42. The summed E-state index contributed by atoms with van der Waals surface area (Å²) in [6.07, 6.45) is 4.33. The summed E-state index contributed by atoms with van der Waals surface area (Å²) >= 11 is 0. The van der Waals surface area contributed by atoms with E-state index >= 15 is 0 Å². The van der Waals surface area contributed by atoms with Crippen LogP contribution in [0.1, 0.15) is 110 Å². The van der Waals surface area contributed by atoms with Gasteiger partial charge in [-0.25, -0.2) is 28.3 Å². The average molecular weight is 929 g/mol. The summed E-state index contributed by atoms with van der Waals surface area (Å²) in [4.78, 5) is 73.6. The average Bonchev–Trinajstić information content (AvgIpc) is 4.10. The van der Waals surface area contributed by atoms with Crippen molar-refractivity contribution in [2.45, 2.75) is 122 Å². The maximum Gasteiger partial charge on any atom is 0.407 e. The summed E-state index contributed by atoms with van der Waals surface area (Å²) in [7, 11) is 2.52. The Morgan fingerprint density at radius 3 is 1.88 bits per heavy atom. The quantitative estimate of drug-likeness (QED) is 0.0904. The second kappa shape index (κ2) is 21.4. The van der Waals surface area contributed by atoms with Crippen molar-refractivity contribution < 1.29 is 42.2 Å². The molecule has 1 aliphatic carbocycles. The van der Waals surface area contributed by atoms with Crippen LogP contribution in [-0.4, -0.2) is 112 Å². The van der Waals surface area contributed by atoms with Crippen molar-refractivity contribution in [3.8, 4) is 33.6 Å². The highest BCUT2D eigenvalue weighted by Gasteiger charge is 2.46. The Kier molecular flexibility index (Phi) is 15.7. The fourth-order valence-electron chi connectivity index (χ4n) is 10.1. The number of methoxy groups -OCH3 is 2. The molecule has 15 nitrogen and oxygen atoms in total. The number of imidazole rings is 2. The first-order valence-corrected chi connectivity index (χ1v) is 23.7. The predicted molar refractivity (Wildman–Crippen MR) is 249 cm³/mol. The number of hydrogen-bond acceptors (Lipinski definition) is 9. The van der Waals surface area contributed by atoms with E-state index in [2.05, 4.69) is 60.4 Å². The molecule has 2 saturated heterocycles. The number of rotatable bonds is 15. The Morgan fingerprint density at radius 1 is 0.806 bits per heavy atom. The van der Waals surface area contributed by atoms with Crippen molar-refractivity contribution in [2.75, 3.05) is 34.0 Å². The number of hydrogen-bond donors (Lipinski definition) is 4. The Bertz CT molecular complexity index is 2300. The first-order chi connectivity index (χ1) is 32.1. The number of amides is 4. The van der Waals surface area contributed by atoms with Gasteiger partial charge in [0.15, 0.2) is 0 Å². The highest BCUT2D eigenvalue weighted by atomic mass is 19.3. The number of alkyl carbamates (subject to hydrolysis) is 2. The third kappa shape index (κ3) is 11.3. The molecule has 17 heteroatoms. The van der Waals surface area contributed by atoms with Crippen LogP contribution in [0.25, 0.3) is 33.6 Å². The van der Waals surface area contributed by atoms with Gasteiger partial charge in [-0.05, 0) is 98.3 Å². The standard InChI is InChI=1S/C50H66F2N8O7/c1-8-59(46(61)42(57-48(63)65-6)36-17-21-50(51,52)22-18-36)40(25-29(2)3)44-53-27-38(55-44)34-13-9-32(10-14-34)33-11-15-35(16-12-33)39-28-54-45(56-39)41-26-30(4)31(5)60(41)47(62)43(58-49(64)66-7)37-19-23-67-24-20-37/h9-16,27-31,36-37,40-43H,8,17-26H2,1-7H3,(H,53,55)(H,54,56)(H,57,63)(H,58,64)/t30?,31-,40+,41+,42+,43+/m1/s1. The molecular weight excluding hydrogens is 863 g/mol. The molecule has 362 valence electrons. The van der Waals surface area contributed by atoms with Gasteiger partial charge in [-0.3, -0.25) is 9.59 Å². The van der Waals surface area contributed by atoms with Crippen LogP contribution in [0.3, 0.4) is 0 Å². The smallest absolute Gasteiger partial charge is 0.407 e. The maximum absolute atomic E-state index is 14.3.